The van der Waals surface area contributed by atoms with E-state index in [9.17, 15) is 0 Å². The first-order chi connectivity index (χ1) is 18.5. The van der Waals surface area contributed by atoms with Crippen LogP contribution in [0.3, 0.4) is 0 Å². The molecule has 0 fully saturated rings. The molecule has 0 N–H and O–H groups in total. The van der Waals surface area contributed by atoms with Gasteiger partial charge in [-0.3, -0.25) is 0 Å². The maximum absolute atomic E-state index is 2.71. The predicted molar refractivity (Wildman–Crippen MR) is 162 cm³/mol. The van der Waals surface area contributed by atoms with Crippen LogP contribution in [0.25, 0.3) is 0 Å². The van der Waals surface area contributed by atoms with Crippen molar-refractivity contribution < 1.29 is 45.2 Å². The van der Waals surface area contributed by atoms with Crippen LogP contribution in [0, 0.1) is 0 Å². The van der Waals surface area contributed by atoms with Gasteiger partial charge in [0.05, 0.1) is 0 Å². The Morgan fingerprint density at radius 1 is 0.600 bits per heavy atom. The monoisotopic (exact) mass is 664 g/mol. The minimum Gasteiger partial charge on any atom is -1.00 e. The zero-order chi connectivity index (χ0) is 26.2. The average molecular weight is 667 g/mol. The number of halogens is 2. The fraction of sp³-hybridized carbons (Fsp3) is 0.444. The Balaban J connectivity index is 0.00000185. The zero-order valence-electron chi connectivity index (χ0n) is 24.7. The smallest absolute Gasteiger partial charge is 1.00 e. The van der Waals surface area contributed by atoms with Gasteiger partial charge in [-0.1, -0.05) is 0 Å². The normalized spacial score (nSPS) is 25.7. The third-order valence-electron chi connectivity index (χ3n) is 9.85. The standard InChI is InChI=1S/2C17H19.C2H6Si.2ClH.Zr/c2*1-13-11-15-9-5-6-10-16(17(15)12-13)14-7-3-2-4-8-14;1-3-2;;;/h2*2-4,7-8,11-12,16H,5-6,9-10H2,1H3;1-2H3;2*1H;/q;;;;;+2/p-2. The maximum atomic E-state index is 2.71. The minimum absolute atomic E-state index is 0. The van der Waals surface area contributed by atoms with Crippen molar-refractivity contribution in [3.63, 3.8) is 0 Å². The quantitative estimate of drug-likeness (QED) is 0.417. The zero-order valence-corrected chi connectivity index (χ0v) is 29.6. The molecule has 4 atom stereocenters. The van der Waals surface area contributed by atoms with Gasteiger partial charge in [0.25, 0.3) is 0 Å². The van der Waals surface area contributed by atoms with E-state index < -0.39 is 20.4 Å². The van der Waals surface area contributed by atoms with Gasteiger partial charge in [0, 0.05) is 0 Å². The van der Waals surface area contributed by atoms with Crippen LogP contribution in [0.15, 0.2) is 106 Å². The van der Waals surface area contributed by atoms with Gasteiger partial charge < -0.3 is 24.8 Å². The SMILES string of the molecule is CC1=CC2=C(CCCCC2c2ccccc2)[CH]1[Zr+2]([CH]1C(C)=CC2=C1CCCCC2c1ccccc1)=[Si](C)C.[Cl-].[Cl-]. The van der Waals surface area contributed by atoms with Gasteiger partial charge in [0.1, 0.15) is 0 Å². The van der Waals surface area contributed by atoms with E-state index in [2.05, 4.69) is 99.8 Å². The summed E-state index contributed by atoms with van der Waals surface area (Å²) < 4.78 is 1.67. The van der Waals surface area contributed by atoms with Crippen molar-refractivity contribution in [2.45, 2.75) is 97.4 Å². The molecule has 6 rings (SSSR count). The van der Waals surface area contributed by atoms with Crippen molar-refractivity contribution in [3.8, 4) is 0 Å². The summed E-state index contributed by atoms with van der Waals surface area (Å²) in [5.74, 6) is 1.22. The van der Waals surface area contributed by atoms with Crippen LogP contribution >= 0.6 is 0 Å². The van der Waals surface area contributed by atoms with E-state index in [4.69, 9.17) is 0 Å². The maximum Gasteiger partial charge on any atom is -1.00 e. The second-order valence-electron chi connectivity index (χ2n) is 12.5. The summed E-state index contributed by atoms with van der Waals surface area (Å²) in [6.07, 6.45) is 16.3. The van der Waals surface area contributed by atoms with Crippen molar-refractivity contribution in [2.75, 3.05) is 0 Å². The third kappa shape index (κ3) is 6.08. The van der Waals surface area contributed by atoms with E-state index in [-0.39, 0.29) is 30.2 Å². The summed E-state index contributed by atoms with van der Waals surface area (Å²) >= 11 is -1.94. The molecule has 0 heterocycles. The molecule has 0 saturated carbocycles. The third-order valence-corrected chi connectivity index (χ3v) is 29.9. The number of rotatable bonds is 4. The van der Waals surface area contributed by atoms with Crippen molar-refractivity contribution in [1.82, 2.24) is 0 Å². The Morgan fingerprint density at radius 3 is 1.38 bits per heavy atom. The van der Waals surface area contributed by atoms with Crippen molar-refractivity contribution >= 4 is 5.43 Å². The molecule has 4 aliphatic carbocycles. The summed E-state index contributed by atoms with van der Waals surface area (Å²) in [5, 5.41) is 0. The molecule has 0 bridgehead atoms. The van der Waals surface area contributed by atoms with Crippen LogP contribution < -0.4 is 24.8 Å². The van der Waals surface area contributed by atoms with Crippen LogP contribution in [0.2, 0.25) is 20.3 Å². The summed E-state index contributed by atoms with van der Waals surface area (Å²) in [6, 6.07) is 22.9. The Morgan fingerprint density at radius 2 is 1.00 bits per heavy atom. The molecule has 0 saturated heterocycles. The predicted octanol–water partition coefficient (Wildman–Crippen LogP) is 4.67. The molecule has 40 heavy (non-hydrogen) atoms. The van der Waals surface area contributed by atoms with E-state index >= 15 is 0 Å². The molecule has 0 radical (unpaired) electrons. The first-order valence-corrected chi connectivity index (χ1v) is 24.2. The van der Waals surface area contributed by atoms with E-state index in [1.807, 2.05) is 11.1 Å². The summed E-state index contributed by atoms with van der Waals surface area (Å²) in [6.45, 7) is 10.5. The summed E-state index contributed by atoms with van der Waals surface area (Å²) in [7, 11) is 0. The van der Waals surface area contributed by atoms with Gasteiger partial charge in [-0.15, -0.1) is 0 Å². The van der Waals surface area contributed by atoms with Crippen LogP contribution in [0.4, 0.5) is 0 Å². The van der Waals surface area contributed by atoms with Crippen molar-refractivity contribution in [2.24, 2.45) is 0 Å². The van der Waals surface area contributed by atoms with Crippen molar-refractivity contribution in [1.29, 1.82) is 0 Å². The molecule has 0 aromatic heterocycles. The van der Waals surface area contributed by atoms with Gasteiger partial charge >= 0.3 is 241 Å². The van der Waals surface area contributed by atoms with Gasteiger partial charge in [0.15, 0.2) is 0 Å². The van der Waals surface area contributed by atoms with E-state index in [0.717, 1.165) is 7.25 Å². The second-order valence-corrected chi connectivity index (χ2v) is 30.3. The van der Waals surface area contributed by atoms with E-state index in [0.29, 0.717) is 11.8 Å². The van der Waals surface area contributed by atoms with E-state index in [1.165, 1.54) is 51.4 Å². The van der Waals surface area contributed by atoms with Gasteiger partial charge in [0.2, 0.25) is 0 Å². The van der Waals surface area contributed by atoms with Gasteiger partial charge in [-0.2, -0.15) is 0 Å². The minimum atomic E-state index is -1.94. The number of allylic oxidation sites excluding steroid dienone is 8. The van der Waals surface area contributed by atoms with E-state index in [1.54, 1.807) is 33.4 Å². The van der Waals surface area contributed by atoms with Crippen LogP contribution in [0.5, 0.6) is 0 Å². The molecule has 0 aliphatic heterocycles. The number of benzene rings is 2. The first-order valence-electron chi connectivity index (χ1n) is 15.1. The Kier molecular flexibility index (Phi) is 11.2. The molecule has 4 heteroatoms. The topological polar surface area (TPSA) is 0 Å². The molecular formula is C36H44Cl2SiZr. The molecular weight excluding hydrogens is 623 g/mol. The van der Waals surface area contributed by atoms with Crippen LogP contribution in [-0.4, -0.2) is 5.43 Å². The van der Waals surface area contributed by atoms with Gasteiger partial charge in [-0.25, -0.2) is 0 Å². The molecule has 2 aromatic rings. The Hall–Kier alpha value is -0.920. The molecule has 0 spiro atoms. The molecule has 210 valence electrons. The molecule has 0 nitrogen and oxygen atoms in total. The average Bonchev–Trinajstić information content (AvgIpc) is 3.21. The fourth-order valence-corrected chi connectivity index (χ4v) is 29.7. The molecule has 2 aromatic carbocycles. The number of hydrogen-bond donors (Lipinski definition) is 0. The molecule has 0 amide bonds. The fourth-order valence-electron chi connectivity index (χ4n) is 8.26. The Bertz CT molecular complexity index is 1260. The van der Waals surface area contributed by atoms with Crippen LogP contribution in [0.1, 0.15) is 88.2 Å². The van der Waals surface area contributed by atoms with Gasteiger partial charge in [-0.05, 0) is 0 Å². The largest absolute Gasteiger partial charge is 1.00 e. The molecule has 4 aliphatic rings. The molecule has 4 unspecified atom stereocenters. The first kappa shape index (κ1) is 32.0. The summed E-state index contributed by atoms with van der Waals surface area (Å²) in [4.78, 5) is 0. The Labute approximate surface area is 263 Å². The number of hydrogen-bond acceptors (Lipinski definition) is 0. The van der Waals surface area contributed by atoms with Crippen LogP contribution in [-0.2, 0) is 20.4 Å². The second kappa shape index (κ2) is 14.0. The van der Waals surface area contributed by atoms with Crippen molar-refractivity contribution in [3.05, 3.63) is 117 Å². The summed E-state index contributed by atoms with van der Waals surface area (Å²) in [5.41, 5.74) is 13.5.